The molecule has 1 aliphatic carbocycles. The highest BCUT2D eigenvalue weighted by Crippen LogP contribution is 2.44. The van der Waals surface area contributed by atoms with Gasteiger partial charge in [-0.2, -0.15) is 0 Å². The van der Waals surface area contributed by atoms with Gasteiger partial charge in [0.25, 0.3) is 0 Å². The number of carbonyl (C=O) groups excluding carboxylic acids is 3. The zero-order valence-corrected chi connectivity index (χ0v) is 35.1. The molecule has 1 unspecified atom stereocenters. The zero-order chi connectivity index (χ0) is 42.0. The van der Waals surface area contributed by atoms with Crippen molar-refractivity contribution in [1.29, 1.82) is 0 Å². The first-order valence-electron chi connectivity index (χ1n) is 20.0. The Bertz CT molecular complexity index is 1270. The minimum atomic E-state index is -4.89. The molecule has 0 heterocycles. The molecule has 0 aromatic carbocycles. The molecule has 0 aromatic heterocycles. The van der Waals surface area contributed by atoms with E-state index in [1.165, 1.54) is 6.42 Å². The number of phosphoric ester groups is 2. The van der Waals surface area contributed by atoms with E-state index in [2.05, 4.69) is 29.8 Å². The molecular formula is C38H68O16P2. The SMILES string of the molecule is CCCCC[C@H](O)/C=C/[C@H]1[C@H](O)CC(=O)[C@@H]1C/C=C\CCCC(=O)OC[C@H](COP(=O)(O)OC[C@@H](O)COP(=O)(O)O)OC(=O)CCCCCCCCC(C)C. The van der Waals surface area contributed by atoms with Gasteiger partial charge in [0, 0.05) is 31.1 Å². The van der Waals surface area contributed by atoms with E-state index >= 15 is 0 Å². The maximum Gasteiger partial charge on any atom is 0.472 e. The first-order valence-corrected chi connectivity index (χ1v) is 23.0. The van der Waals surface area contributed by atoms with Gasteiger partial charge in [-0.3, -0.25) is 28.0 Å². The van der Waals surface area contributed by atoms with E-state index in [-0.39, 0.29) is 31.0 Å². The summed E-state index contributed by atoms with van der Waals surface area (Å²) < 4.78 is 47.5. The molecule has 1 fully saturated rings. The molecule has 0 bridgehead atoms. The van der Waals surface area contributed by atoms with Crippen LogP contribution in [0.1, 0.15) is 130 Å². The van der Waals surface area contributed by atoms with Crippen LogP contribution in [0.15, 0.2) is 24.3 Å². The first-order chi connectivity index (χ1) is 26.4. The van der Waals surface area contributed by atoms with Crippen molar-refractivity contribution in [3.05, 3.63) is 24.3 Å². The lowest BCUT2D eigenvalue weighted by Crippen LogP contribution is -2.30. The van der Waals surface area contributed by atoms with Gasteiger partial charge in [0.1, 0.15) is 18.5 Å². The van der Waals surface area contributed by atoms with Crippen molar-refractivity contribution < 1.29 is 76.6 Å². The molecule has 56 heavy (non-hydrogen) atoms. The average molecular weight is 843 g/mol. The Morgan fingerprint density at radius 3 is 2.11 bits per heavy atom. The second-order valence-corrected chi connectivity index (χ2v) is 17.5. The number of rotatable bonds is 33. The highest BCUT2D eigenvalue weighted by atomic mass is 31.2. The number of ether oxygens (including phenoxy) is 2. The highest BCUT2D eigenvalue weighted by Gasteiger charge is 2.39. The van der Waals surface area contributed by atoms with Crippen LogP contribution in [-0.2, 0) is 46.6 Å². The molecule has 1 rings (SSSR count). The van der Waals surface area contributed by atoms with Crippen LogP contribution in [0.5, 0.6) is 0 Å². The molecule has 0 spiro atoms. The van der Waals surface area contributed by atoms with Crippen LogP contribution in [0.4, 0.5) is 0 Å². The number of phosphoric acid groups is 2. The normalized spacial score (nSPS) is 20.5. The van der Waals surface area contributed by atoms with E-state index in [4.69, 9.17) is 23.8 Å². The topological polar surface area (TPSA) is 253 Å². The van der Waals surface area contributed by atoms with Gasteiger partial charge in [0.05, 0.1) is 32.0 Å². The van der Waals surface area contributed by atoms with Gasteiger partial charge < -0.3 is 39.5 Å². The Labute approximate surface area is 332 Å². The maximum absolute atomic E-state index is 12.6. The van der Waals surface area contributed by atoms with E-state index < -0.39 is 84.3 Å². The number of aliphatic hydroxyl groups is 3. The van der Waals surface area contributed by atoms with Crippen molar-refractivity contribution in [3.8, 4) is 0 Å². The monoisotopic (exact) mass is 842 g/mol. The van der Waals surface area contributed by atoms with Crippen LogP contribution in [0.25, 0.3) is 0 Å². The van der Waals surface area contributed by atoms with Crippen LogP contribution in [0.2, 0.25) is 0 Å². The van der Waals surface area contributed by atoms with E-state index in [0.29, 0.717) is 38.0 Å². The quantitative estimate of drug-likeness (QED) is 0.0192. The van der Waals surface area contributed by atoms with Crippen LogP contribution in [0, 0.1) is 17.8 Å². The van der Waals surface area contributed by atoms with Gasteiger partial charge in [-0.1, -0.05) is 103 Å². The average Bonchev–Trinajstić information content (AvgIpc) is 3.39. The minimum Gasteiger partial charge on any atom is -0.462 e. The summed E-state index contributed by atoms with van der Waals surface area (Å²) in [5.41, 5.74) is 0. The molecule has 326 valence electrons. The van der Waals surface area contributed by atoms with E-state index in [1.807, 2.05) is 12.2 Å². The summed E-state index contributed by atoms with van der Waals surface area (Å²) in [6.45, 7) is 3.50. The Hall–Kier alpha value is -1.81. The summed E-state index contributed by atoms with van der Waals surface area (Å²) in [5, 5.41) is 30.4. The van der Waals surface area contributed by atoms with Crippen molar-refractivity contribution >= 4 is 33.4 Å². The van der Waals surface area contributed by atoms with Crippen molar-refractivity contribution in [2.75, 3.05) is 26.4 Å². The number of ketones is 1. The molecule has 0 aromatic rings. The van der Waals surface area contributed by atoms with Crippen molar-refractivity contribution in [2.45, 2.75) is 154 Å². The van der Waals surface area contributed by atoms with Crippen molar-refractivity contribution in [1.82, 2.24) is 0 Å². The maximum atomic E-state index is 12.6. The summed E-state index contributed by atoms with van der Waals surface area (Å²) in [4.78, 5) is 65.1. The Kier molecular flexibility index (Phi) is 27.4. The van der Waals surface area contributed by atoms with Gasteiger partial charge in [0.2, 0.25) is 0 Å². The van der Waals surface area contributed by atoms with Crippen LogP contribution in [-0.4, -0.2) is 98.6 Å². The largest absolute Gasteiger partial charge is 0.472 e. The number of aliphatic hydroxyl groups excluding tert-OH is 3. The highest BCUT2D eigenvalue weighted by molar-refractivity contribution is 7.47. The van der Waals surface area contributed by atoms with Gasteiger partial charge in [-0.05, 0) is 38.0 Å². The Morgan fingerprint density at radius 1 is 0.804 bits per heavy atom. The fourth-order valence-electron chi connectivity index (χ4n) is 5.98. The molecule has 0 aliphatic heterocycles. The van der Waals surface area contributed by atoms with Crippen LogP contribution < -0.4 is 0 Å². The minimum absolute atomic E-state index is 0.00155. The number of Topliss-reactive ketones (excluding diaryl/α,β-unsaturated/α-hetero) is 1. The standard InChI is InChI=1S/C38H68O16P2/c1-4-5-12-18-30(39)22-23-34-33(35(41)24-36(34)42)19-14-10-11-15-20-37(43)50-27-32(54-38(44)21-16-9-7-6-8-13-17-29(2)3)28-53-56(48,49)52-26-31(40)25-51-55(45,46)47/h10,14,22-23,29-34,36,39-40,42H,4-9,11-13,15-21,24-28H2,1-3H3,(H,48,49)(H2,45,46,47)/b14-10-,23-22+/t30-,31-,32+,33+,34+,36+/m0/s1. The fraction of sp³-hybridized carbons (Fsp3) is 0.816. The second kappa shape index (κ2) is 29.4. The van der Waals surface area contributed by atoms with Crippen molar-refractivity contribution in [2.24, 2.45) is 17.8 Å². The lowest BCUT2D eigenvalue weighted by Gasteiger charge is -2.20. The summed E-state index contributed by atoms with van der Waals surface area (Å²) in [5.74, 6) is -1.40. The number of esters is 2. The molecule has 6 N–H and O–H groups in total. The second-order valence-electron chi connectivity index (χ2n) is 14.8. The Balaban J connectivity index is 2.61. The number of hydrogen-bond donors (Lipinski definition) is 6. The predicted molar refractivity (Wildman–Crippen MR) is 208 cm³/mol. The number of hydrogen-bond acceptors (Lipinski definition) is 13. The van der Waals surface area contributed by atoms with Gasteiger partial charge in [0.15, 0.2) is 6.10 Å². The van der Waals surface area contributed by atoms with E-state index in [1.54, 1.807) is 12.2 Å². The Morgan fingerprint density at radius 2 is 1.43 bits per heavy atom. The van der Waals surface area contributed by atoms with Crippen molar-refractivity contribution in [3.63, 3.8) is 0 Å². The summed E-state index contributed by atoms with van der Waals surface area (Å²) >= 11 is 0. The van der Waals surface area contributed by atoms with Crippen LogP contribution >= 0.6 is 15.6 Å². The zero-order valence-electron chi connectivity index (χ0n) is 33.4. The number of carbonyl (C=O) groups is 3. The van der Waals surface area contributed by atoms with Crippen LogP contribution in [0.3, 0.4) is 0 Å². The number of allylic oxidation sites excluding steroid dienone is 2. The molecule has 16 nitrogen and oxygen atoms in total. The van der Waals surface area contributed by atoms with Gasteiger partial charge in [-0.25, -0.2) is 9.13 Å². The molecule has 0 saturated heterocycles. The summed E-state index contributed by atoms with van der Waals surface area (Å²) in [6, 6.07) is 0. The molecule has 7 atom stereocenters. The molecule has 0 amide bonds. The van der Waals surface area contributed by atoms with Gasteiger partial charge >= 0.3 is 27.6 Å². The summed E-state index contributed by atoms with van der Waals surface area (Å²) in [6.07, 6.45) is 14.6. The smallest absolute Gasteiger partial charge is 0.462 e. The predicted octanol–water partition coefficient (Wildman–Crippen LogP) is 6.00. The molecule has 18 heteroatoms. The lowest BCUT2D eigenvalue weighted by molar-refractivity contribution is -0.161. The molecule has 1 aliphatic rings. The third kappa shape index (κ3) is 27.0. The van der Waals surface area contributed by atoms with Gasteiger partial charge in [-0.15, -0.1) is 0 Å². The lowest BCUT2D eigenvalue weighted by atomic mass is 9.90. The molecule has 0 radical (unpaired) electrons. The van der Waals surface area contributed by atoms with E-state index in [0.717, 1.165) is 51.4 Å². The third-order valence-corrected chi connectivity index (χ3v) is 10.6. The fourth-order valence-corrected chi connectivity index (χ4v) is 7.14. The molecule has 1 saturated carbocycles. The number of unbranched alkanes of at least 4 members (excludes halogenated alkanes) is 8. The van der Waals surface area contributed by atoms with E-state index in [9.17, 15) is 43.7 Å². The first kappa shape index (κ1) is 52.2. The third-order valence-electron chi connectivity index (χ3n) is 9.13. The summed E-state index contributed by atoms with van der Waals surface area (Å²) in [7, 11) is -9.75. The molecular weight excluding hydrogens is 774 g/mol.